The Labute approximate surface area is 278 Å². The highest BCUT2D eigenvalue weighted by molar-refractivity contribution is 7.80. The molecule has 0 heterocycles. The molecule has 7 nitrogen and oxygen atoms in total. The van der Waals surface area contributed by atoms with Gasteiger partial charge in [-0.3, -0.25) is 14.4 Å². The van der Waals surface area contributed by atoms with Gasteiger partial charge < -0.3 is 21.7 Å². The number of nitrogens with one attached hydrogen (secondary N) is 3. The first-order valence-corrected chi connectivity index (χ1v) is 18.2. The molecule has 0 spiro atoms. The van der Waals surface area contributed by atoms with Gasteiger partial charge in [-0.1, -0.05) is 95.9 Å². The second kappa shape index (κ2) is 26.3. The van der Waals surface area contributed by atoms with E-state index in [0.29, 0.717) is 72.6 Å². The van der Waals surface area contributed by atoms with Crippen molar-refractivity contribution < 1.29 is 14.4 Å². The van der Waals surface area contributed by atoms with E-state index < -0.39 is 0 Å². The molecular weight excluding hydrogens is 568 g/mol. The molecule has 1 aliphatic rings. The van der Waals surface area contributed by atoms with Crippen LogP contribution in [0.4, 0.5) is 0 Å². The van der Waals surface area contributed by atoms with Crippen molar-refractivity contribution in [2.75, 3.05) is 31.9 Å². The van der Waals surface area contributed by atoms with E-state index in [-0.39, 0.29) is 23.7 Å². The van der Waals surface area contributed by atoms with Crippen LogP contribution >= 0.6 is 12.6 Å². The minimum absolute atomic E-state index is 0.128. The van der Waals surface area contributed by atoms with E-state index in [1.165, 1.54) is 19.3 Å². The molecule has 4 unspecified atom stereocenters. The van der Waals surface area contributed by atoms with Crippen LogP contribution in [0.5, 0.6) is 0 Å². The molecule has 0 amide bonds. The van der Waals surface area contributed by atoms with Crippen LogP contribution in [-0.4, -0.2) is 67.4 Å². The molecule has 0 radical (unpaired) electrons. The van der Waals surface area contributed by atoms with Gasteiger partial charge in [0.25, 0.3) is 0 Å². The van der Waals surface area contributed by atoms with Gasteiger partial charge in [0, 0.05) is 54.6 Å². The van der Waals surface area contributed by atoms with Crippen molar-refractivity contribution >= 4 is 30.0 Å². The van der Waals surface area contributed by atoms with Gasteiger partial charge >= 0.3 is 0 Å². The maximum Gasteiger partial charge on any atom is 0.138 e. The summed E-state index contributed by atoms with van der Waals surface area (Å²) >= 11 is 4.27. The minimum atomic E-state index is 0.128. The number of nitrogens with two attached hydrogens (primary N) is 1. The third-order valence-electron chi connectivity index (χ3n) is 8.12. The number of Topliss-reactive ketones (excluding diaryl/α,β-unsaturated/α-hetero) is 3. The Hall–Kier alpha value is -0.800. The number of hydrogen-bond donors (Lipinski definition) is 5. The summed E-state index contributed by atoms with van der Waals surface area (Å²) in [6, 6.07) is 1.46. The average molecular weight is 643 g/mol. The molecule has 4 atom stereocenters. The van der Waals surface area contributed by atoms with Crippen LogP contribution in [0, 0.1) is 41.4 Å². The quantitative estimate of drug-likeness (QED) is 0.105. The van der Waals surface area contributed by atoms with Gasteiger partial charge in [0.05, 0.1) is 0 Å². The summed E-state index contributed by atoms with van der Waals surface area (Å²) in [4.78, 5) is 35.1. The molecular formula is C36H74N4O3S. The van der Waals surface area contributed by atoms with Crippen LogP contribution < -0.4 is 21.7 Å². The topological polar surface area (TPSA) is 113 Å². The van der Waals surface area contributed by atoms with Crippen LogP contribution in [0.15, 0.2) is 0 Å². The average Bonchev–Trinajstić information content (AvgIpc) is 2.95. The third kappa shape index (κ3) is 23.5. The molecule has 44 heavy (non-hydrogen) atoms. The van der Waals surface area contributed by atoms with E-state index in [2.05, 4.69) is 70.1 Å². The molecule has 1 aliphatic carbocycles. The van der Waals surface area contributed by atoms with Gasteiger partial charge in [0.15, 0.2) is 0 Å². The predicted octanol–water partition coefficient (Wildman–Crippen LogP) is 6.34. The Morgan fingerprint density at radius 2 is 1.09 bits per heavy atom. The maximum atomic E-state index is 12.1. The first-order chi connectivity index (χ1) is 20.5. The molecule has 5 N–H and O–H groups in total. The van der Waals surface area contributed by atoms with Crippen LogP contribution in [0.25, 0.3) is 0 Å². The largest absolute Gasteiger partial charge is 0.330 e. The van der Waals surface area contributed by atoms with E-state index in [4.69, 9.17) is 5.73 Å². The molecule has 8 heteroatoms. The van der Waals surface area contributed by atoms with Crippen LogP contribution in [0.1, 0.15) is 122 Å². The number of rotatable bonds is 19. The van der Waals surface area contributed by atoms with Crippen molar-refractivity contribution in [3.8, 4) is 0 Å². The molecule has 0 saturated heterocycles. The second-order valence-corrected chi connectivity index (χ2v) is 15.1. The lowest BCUT2D eigenvalue weighted by Gasteiger charge is -2.32. The van der Waals surface area contributed by atoms with Gasteiger partial charge in [-0.2, -0.15) is 12.6 Å². The fourth-order valence-corrected chi connectivity index (χ4v) is 5.19. The SMILES string of the molecule is CC(C)NCC(CN)CC(=O)C(C)C.CC(C)NCC(CS)CC(=O)C(C)C.CC(C)NCC1CCCCC1C(=O)C(C)C. The van der Waals surface area contributed by atoms with Crippen molar-refractivity contribution in [1.82, 2.24) is 16.0 Å². The van der Waals surface area contributed by atoms with Gasteiger partial charge in [-0.05, 0) is 62.5 Å². The molecule has 1 rings (SSSR count). The van der Waals surface area contributed by atoms with Gasteiger partial charge in [-0.25, -0.2) is 0 Å². The number of hydrogen-bond acceptors (Lipinski definition) is 8. The van der Waals surface area contributed by atoms with E-state index in [9.17, 15) is 14.4 Å². The Morgan fingerprint density at radius 3 is 1.48 bits per heavy atom. The molecule has 1 saturated carbocycles. The van der Waals surface area contributed by atoms with Crippen molar-refractivity contribution in [3.05, 3.63) is 0 Å². The Kier molecular flexibility index (Phi) is 27.1. The molecule has 0 aromatic heterocycles. The second-order valence-electron chi connectivity index (χ2n) is 14.7. The molecule has 0 aromatic carbocycles. The fraction of sp³-hybridized carbons (Fsp3) is 0.917. The normalized spacial score (nSPS) is 18.3. The van der Waals surface area contributed by atoms with E-state index in [1.807, 2.05) is 41.5 Å². The van der Waals surface area contributed by atoms with Crippen LogP contribution in [0.2, 0.25) is 0 Å². The minimum Gasteiger partial charge on any atom is -0.330 e. The zero-order valence-electron chi connectivity index (χ0n) is 30.8. The number of thiol groups is 1. The lowest BCUT2D eigenvalue weighted by molar-refractivity contribution is -0.128. The summed E-state index contributed by atoms with van der Waals surface area (Å²) in [5.41, 5.74) is 5.62. The summed E-state index contributed by atoms with van der Waals surface area (Å²) in [5.74, 6) is 3.94. The van der Waals surface area contributed by atoms with E-state index >= 15 is 0 Å². The lowest BCUT2D eigenvalue weighted by atomic mass is 9.74. The zero-order valence-corrected chi connectivity index (χ0v) is 31.7. The van der Waals surface area contributed by atoms with Gasteiger partial charge in [-0.15, -0.1) is 0 Å². The summed E-state index contributed by atoms with van der Waals surface area (Å²) in [6.07, 6.45) is 6.13. The smallest absolute Gasteiger partial charge is 0.138 e. The molecule has 0 aliphatic heterocycles. The zero-order chi connectivity index (χ0) is 34.4. The van der Waals surface area contributed by atoms with Gasteiger partial charge in [0.1, 0.15) is 17.3 Å². The van der Waals surface area contributed by atoms with Crippen LogP contribution in [0.3, 0.4) is 0 Å². The van der Waals surface area contributed by atoms with Gasteiger partial charge in [0.2, 0.25) is 0 Å². The number of carbonyl (C=O) groups is 3. The van der Waals surface area contributed by atoms with Crippen molar-refractivity contribution in [1.29, 1.82) is 0 Å². The predicted molar refractivity (Wildman–Crippen MR) is 194 cm³/mol. The Morgan fingerprint density at radius 1 is 0.659 bits per heavy atom. The summed E-state index contributed by atoms with van der Waals surface area (Å²) < 4.78 is 0. The Bertz CT molecular complexity index is 718. The van der Waals surface area contributed by atoms with E-state index in [0.717, 1.165) is 31.8 Å². The first-order valence-electron chi connectivity index (χ1n) is 17.6. The fourth-order valence-electron chi connectivity index (χ4n) is 4.93. The number of ketones is 3. The highest BCUT2D eigenvalue weighted by Gasteiger charge is 2.31. The van der Waals surface area contributed by atoms with Crippen molar-refractivity contribution in [2.24, 2.45) is 47.2 Å². The molecule has 262 valence electrons. The summed E-state index contributed by atoms with van der Waals surface area (Å²) in [6.45, 7) is 27.9. The Balaban J connectivity index is 0. The van der Waals surface area contributed by atoms with Crippen LogP contribution in [-0.2, 0) is 14.4 Å². The maximum absolute atomic E-state index is 12.1. The summed E-state index contributed by atoms with van der Waals surface area (Å²) in [5, 5.41) is 10.1. The van der Waals surface area contributed by atoms with Crippen molar-refractivity contribution in [2.45, 2.75) is 140 Å². The van der Waals surface area contributed by atoms with Crippen molar-refractivity contribution in [3.63, 3.8) is 0 Å². The standard InChI is InChI=1S/C14H27NO.C11H24N2O.C11H23NOS/c1-10(2)14(16)13-8-6-5-7-12(13)9-15-11(3)4;1-8(2)11(14)5-10(6-12)7-13-9(3)4;1-8(2)11(13)5-10(7-14)6-12-9(3)4/h10-13,15H,5-9H2,1-4H3;8-10,13H,5-7,12H2,1-4H3;8-10,12,14H,5-7H2,1-4H3. The first kappa shape index (κ1) is 45.3. The molecule has 0 bridgehead atoms. The molecule has 0 aromatic rings. The highest BCUT2D eigenvalue weighted by atomic mass is 32.1. The van der Waals surface area contributed by atoms with E-state index in [1.54, 1.807) is 0 Å². The molecule has 1 fully saturated rings. The monoisotopic (exact) mass is 643 g/mol. The highest BCUT2D eigenvalue weighted by Crippen LogP contribution is 2.32. The summed E-state index contributed by atoms with van der Waals surface area (Å²) in [7, 11) is 0. The third-order valence-corrected chi connectivity index (χ3v) is 8.64. The lowest BCUT2D eigenvalue weighted by Crippen LogP contribution is -2.38. The number of carbonyl (C=O) groups excluding carboxylic acids is 3.